The second kappa shape index (κ2) is 7.09. The number of hydrogen-bond acceptors (Lipinski definition) is 4. The van der Waals surface area contributed by atoms with E-state index in [1.165, 1.54) is 4.31 Å². The molecular weight excluding hydrogens is 354 g/mol. The Kier molecular flexibility index (Phi) is 6.22. The Balaban J connectivity index is 3.32. The maximum Gasteiger partial charge on any atom is 0.243 e. The third-order valence-electron chi connectivity index (χ3n) is 3.38. The smallest absolute Gasteiger partial charge is 0.243 e. The third-order valence-corrected chi connectivity index (χ3v) is 6.06. The van der Waals surface area contributed by atoms with Crippen LogP contribution in [0.5, 0.6) is 0 Å². The Morgan fingerprint density at radius 2 is 1.90 bits per heavy atom. The Morgan fingerprint density at radius 3 is 2.38 bits per heavy atom. The first-order valence-corrected chi connectivity index (χ1v) is 9.06. The fraction of sp³-hybridized carbons (Fsp3) is 0.571. The van der Waals surface area contributed by atoms with Gasteiger partial charge in [0.2, 0.25) is 10.0 Å². The van der Waals surface area contributed by atoms with Gasteiger partial charge in [0.15, 0.2) is 0 Å². The molecule has 1 aromatic rings. The minimum Gasteiger partial charge on any atom is -0.398 e. The molecular formula is C14H24BrN3O2S. The summed E-state index contributed by atoms with van der Waals surface area (Å²) >= 11 is 3.32. The van der Waals surface area contributed by atoms with E-state index in [-0.39, 0.29) is 10.9 Å². The van der Waals surface area contributed by atoms with Crippen LogP contribution in [-0.4, -0.2) is 50.8 Å². The van der Waals surface area contributed by atoms with E-state index in [4.69, 9.17) is 5.73 Å². The minimum atomic E-state index is -3.57. The Bertz CT molecular complexity index is 602. The fourth-order valence-electron chi connectivity index (χ4n) is 2.41. The van der Waals surface area contributed by atoms with Crippen LogP contribution in [0.15, 0.2) is 21.5 Å². The van der Waals surface area contributed by atoms with Gasteiger partial charge in [0.25, 0.3) is 0 Å². The minimum absolute atomic E-state index is 0.116. The van der Waals surface area contributed by atoms with Crippen molar-refractivity contribution < 1.29 is 8.42 Å². The molecule has 0 saturated heterocycles. The summed E-state index contributed by atoms with van der Waals surface area (Å²) in [7, 11) is 0.285. The summed E-state index contributed by atoms with van der Waals surface area (Å²) in [5, 5.41) is 0. The monoisotopic (exact) mass is 377 g/mol. The molecule has 1 aromatic carbocycles. The third kappa shape index (κ3) is 4.18. The van der Waals surface area contributed by atoms with Gasteiger partial charge in [0.05, 0.1) is 4.90 Å². The zero-order chi connectivity index (χ0) is 16.4. The maximum absolute atomic E-state index is 12.9. The normalized spacial score (nSPS) is 13.9. The largest absolute Gasteiger partial charge is 0.398 e. The molecule has 2 N–H and O–H groups in total. The van der Waals surface area contributed by atoms with Crippen molar-refractivity contribution in [1.82, 2.24) is 9.21 Å². The lowest BCUT2D eigenvalue weighted by atomic mass is 10.2. The highest BCUT2D eigenvalue weighted by atomic mass is 79.9. The van der Waals surface area contributed by atoms with Crippen LogP contribution in [0.3, 0.4) is 0 Å². The quantitative estimate of drug-likeness (QED) is 0.772. The van der Waals surface area contributed by atoms with Crippen molar-refractivity contribution in [3.8, 4) is 0 Å². The zero-order valence-electron chi connectivity index (χ0n) is 13.2. The highest BCUT2D eigenvalue weighted by Crippen LogP contribution is 2.29. The molecule has 21 heavy (non-hydrogen) atoms. The molecule has 0 spiro atoms. The predicted octanol–water partition coefficient (Wildman–Crippen LogP) is 2.30. The molecule has 0 heterocycles. The topological polar surface area (TPSA) is 66.6 Å². The first kappa shape index (κ1) is 18.4. The Hall–Kier alpha value is -0.630. The van der Waals surface area contributed by atoms with Crippen molar-refractivity contribution in [2.45, 2.75) is 31.7 Å². The van der Waals surface area contributed by atoms with Gasteiger partial charge in [-0.25, -0.2) is 8.42 Å². The van der Waals surface area contributed by atoms with E-state index < -0.39 is 10.0 Å². The zero-order valence-corrected chi connectivity index (χ0v) is 15.6. The lowest BCUT2D eigenvalue weighted by Crippen LogP contribution is -2.43. The van der Waals surface area contributed by atoms with Crippen molar-refractivity contribution >= 4 is 31.6 Å². The maximum atomic E-state index is 12.9. The summed E-state index contributed by atoms with van der Waals surface area (Å²) < 4.78 is 28.1. The number of rotatable bonds is 6. The number of likely N-dealkylation sites (N-methyl/N-ethyl adjacent to an activating group) is 2. The van der Waals surface area contributed by atoms with Crippen LogP contribution in [-0.2, 0) is 10.0 Å². The average molecular weight is 378 g/mol. The van der Waals surface area contributed by atoms with Gasteiger partial charge < -0.3 is 10.6 Å². The number of nitrogens with zero attached hydrogens (tertiary/aromatic N) is 2. The van der Waals surface area contributed by atoms with Crippen LogP contribution in [0.2, 0.25) is 0 Å². The SMILES string of the molecule is CCN(C(C)CN(C)C)S(=O)(=O)c1cc(Br)cc(N)c1C. The number of benzene rings is 1. The van der Waals surface area contributed by atoms with Gasteiger partial charge in [0.1, 0.15) is 0 Å². The van der Waals surface area contributed by atoms with Gasteiger partial charge in [0, 0.05) is 29.3 Å². The lowest BCUT2D eigenvalue weighted by molar-refractivity contribution is 0.271. The van der Waals surface area contributed by atoms with Gasteiger partial charge in [-0.15, -0.1) is 0 Å². The molecule has 0 bridgehead atoms. The summed E-state index contributed by atoms with van der Waals surface area (Å²) in [4.78, 5) is 2.24. The molecule has 7 heteroatoms. The molecule has 120 valence electrons. The van der Waals surface area contributed by atoms with Crippen LogP contribution in [0, 0.1) is 6.92 Å². The number of hydrogen-bond donors (Lipinski definition) is 1. The van der Waals surface area contributed by atoms with Gasteiger partial charge in [-0.05, 0) is 45.6 Å². The number of nitrogens with two attached hydrogens (primary N) is 1. The second-order valence-electron chi connectivity index (χ2n) is 5.44. The van der Waals surface area contributed by atoms with Crippen LogP contribution < -0.4 is 5.73 Å². The number of nitrogen functional groups attached to an aromatic ring is 1. The van der Waals surface area contributed by atoms with E-state index in [1.54, 1.807) is 19.1 Å². The van der Waals surface area contributed by atoms with E-state index in [1.807, 2.05) is 32.8 Å². The number of sulfonamides is 1. The highest BCUT2D eigenvalue weighted by molar-refractivity contribution is 9.10. The second-order valence-corrected chi connectivity index (χ2v) is 8.21. The van der Waals surface area contributed by atoms with Gasteiger partial charge >= 0.3 is 0 Å². The molecule has 0 aromatic heterocycles. The summed E-state index contributed by atoms with van der Waals surface area (Å²) in [6.07, 6.45) is 0. The van der Waals surface area contributed by atoms with E-state index in [0.29, 0.717) is 28.8 Å². The summed E-state index contributed by atoms with van der Waals surface area (Å²) in [5.74, 6) is 0. The van der Waals surface area contributed by atoms with E-state index >= 15 is 0 Å². The molecule has 0 aliphatic carbocycles. The summed E-state index contributed by atoms with van der Waals surface area (Å²) in [6, 6.07) is 3.22. The first-order valence-electron chi connectivity index (χ1n) is 6.83. The molecule has 0 saturated carbocycles. The number of halogens is 1. The van der Waals surface area contributed by atoms with Crippen LogP contribution in [0.4, 0.5) is 5.69 Å². The molecule has 0 amide bonds. The Labute approximate surface area is 136 Å². The molecule has 5 nitrogen and oxygen atoms in total. The van der Waals surface area contributed by atoms with Crippen LogP contribution >= 0.6 is 15.9 Å². The van der Waals surface area contributed by atoms with Crippen LogP contribution in [0.1, 0.15) is 19.4 Å². The summed E-state index contributed by atoms with van der Waals surface area (Å²) in [6.45, 7) is 6.58. The van der Waals surface area contributed by atoms with Gasteiger partial charge in [-0.1, -0.05) is 22.9 Å². The van der Waals surface area contributed by atoms with Crippen molar-refractivity contribution in [1.29, 1.82) is 0 Å². The molecule has 0 radical (unpaired) electrons. The molecule has 1 unspecified atom stereocenters. The predicted molar refractivity (Wildman–Crippen MR) is 90.9 cm³/mol. The van der Waals surface area contributed by atoms with Crippen molar-refractivity contribution in [2.24, 2.45) is 0 Å². The highest BCUT2D eigenvalue weighted by Gasteiger charge is 2.30. The molecule has 0 fully saturated rings. The fourth-order valence-corrected chi connectivity index (χ4v) is 4.95. The van der Waals surface area contributed by atoms with Crippen molar-refractivity contribution in [3.63, 3.8) is 0 Å². The van der Waals surface area contributed by atoms with Crippen LogP contribution in [0.25, 0.3) is 0 Å². The van der Waals surface area contributed by atoms with E-state index in [2.05, 4.69) is 15.9 Å². The first-order chi connectivity index (χ1) is 9.61. The molecule has 1 atom stereocenters. The van der Waals surface area contributed by atoms with Gasteiger partial charge in [-0.3, -0.25) is 0 Å². The number of anilines is 1. The molecule has 0 aliphatic heterocycles. The molecule has 1 rings (SSSR count). The van der Waals surface area contributed by atoms with E-state index in [0.717, 1.165) is 0 Å². The van der Waals surface area contributed by atoms with Gasteiger partial charge in [-0.2, -0.15) is 4.31 Å². The molecule has 0 aliphatic rings. The lowest BCUT2D eigenvalue weighted by Gasteiger charge is -2.30. The van der Waals surface area contributed by atoms with Crippen molar-refractivity contribution in [2.75, 3.05) is 32.9 Å². The van der Waals surface area contributed by atoms with E-state index in [9.17, 15) is 8.42 Å². The van der Waals surface area contributed by atoms with Crippen molar-refractivity contribution in [3.05, 3.63) is 22.2 Å². The summed E-state index contributed by atoms with van der Waals surface area (Å²) in [5.41, 5.74) is 6.96. The average Bonchev–Trinajstić information content (AvgIpc) is 2.32. The Morgan fingerprint density at radius 1 is 1.33 bits per heavy atom. The standard InChI is InChI=1S/C14H24BrN3O2S/c1-6-18(10(2)9-17(4)5)21(19,20)14-8-12(15)7-13(16)11(14)3/h7-8,10H,6,9,16H2,1-5H3.